The molecule has 2 fully saturated rings. The molecule has 2 amide bonds. The third kappa shape index (κ3) is 3.63. The van der Waals surface area contributed by atoms with Crippen molar-refractivity contribution in [1.82, 2.24) is 20.5 Å². The first kappa shape index (κ1) is 19.9. The van der Waals surface area contributed by atoms with Crippen LogP contribution in [-0.2, 0) is 12.1 Å². The zero-order valence-corrected chi connectivity index (χ0v) is 17.6. The lowest BCUT2D eigenvalue weighted by Crippen LogP contribution is -2.54. The Kier molecular flexibility index (Phi) is 5.32. The molecule has 1 aliphatic heterocycles. The first-order chi connectivity index (χ1) is 14.0. The topological polar surface area (TPSA) is 60.5 Å². The fourth-order valence-electron chi connectivity index (χ4n) is 5.01. The van der Waals surface area contributed by atoms with Crippen molar-refractivity contribution in [3.8, 4) is 0 Å². The number of nitrogens with zero attached hydrogens (tertiary/aromatic N) is 3. The van der Waals surface area contributed by atoms with Gasteiger partial charge in [0.1, 0.15) is 0 Å². The Morgan fingerprint density at radius 1 is 1.14 bits per heavy atom. The average molecular weight is 394 g/mol. The van der Waals surface area contributed by atoms with Crippen molar-refractivity contribution >= 4 is 11.7 Å². The second-order valence-electron chi connectivity index (χ2n) is 8.67. The van der Waals surface area contributed by atoms with E-state index in [0.29, 0.717) is 6.54 Å². The standard InChI is InChI=1S/C23H31N5O/c1-24-14-18-13-20(16-25-15-18)28-17-22(26-21(28)29)9-11-23(12-10-22,27(2)3)19-7-5-4-6-8-19/h4-8,13,15-16,24H,9-12,14,17H2,1-3H3,(H,26,29)/t22-,23+. The van der Waals surface area contributed by atoms with E-state index in [-0.39, 0.29) is 17.1 Å². The summed E-state index contributed by atoms with van der Waals surface area (Å²) in [5.74, 6) is 0. The van der Waals surface area contributed by atoms with Gasteiger partial charge in [0.15, 0.2) is 0 Å². The van der Waals surface area contributed by atoms with E-state index < -0.39 is 0 Å². The molecule has 1 aliphatic carbocycles. The number of hydrogen-bond acceptors (Lipinski definition) is 4. The van der Waals surface area contributed by atoms with Gasteiger partial charge < -0.3 is 10.6 Å². The summed E-state index contributed by atoms with van der Waals surface area (Å²) in [6, 6.07) is 12.8. The van der Waals surface area contributed by atoms with Crippen LogP contribution in [0.25, 0.3) is 0 Å². The number of hydrogen-bond donors (Lipinski definition) is 2. The molecule has 2 heterocycles. The zero-order valence-electron chi connectivity index (χ0n) is 17.6. The zero-order chi connectivity index (χ0) is 20.5. The van der Waals surface area contributed by atoms with Gasteiger partial charge in [-0.1, -0.05) is 30.3 Å². The van der Waals surface area contributed by atoms with E-state index in [1.165, 1.54) is 5.56 Å². The van der Waals surface area contributed by atoms with Crippen LogP contribution in [0, 0.1) is 0 Å². The van der Waals surface area contributed by atoms with Gasteiger partial charge in [-0.25, -0.2) is 4.79 Å². The van der Waals surface area contributed by atoms with Crippen LogP contribution < -0.4 is 15.5 Å². The van der Waals surface area contributed by atoms with E-state index in [2.05, 4.69) is 71.0 Å². The minimum Gasteiger partial charge on any atom is -0.330 e. The molecule has 0 bridgehead atoms. The summed E-state index contributed by atoms with van der Waals surface area (Å²) in [6.07, 6.45) is 7.61. The molecule has 0 unspecified atom stereocenters. The lowest BCUT2D eigenvalue weighted by Gasteiger charge is -2.48. The number of carbonyl (C=O) groups excluding carboxylic acids is 1. The van der Waals surface area contributed by atoms with Crippen molar-refractivity contribution in [2.45, 2.75) is 43.3 Å². The number of benzene rings is 1. The maximum atomic E-state index is 12.8. The van der Waals surface area contributed by atoms with Crippen molar-refractivity contribution in [3.63, 3.8) is 0 Å². The molecular weight excluding hydrogens is 362 g/mol. The van der Waals surface area contributed by atoms with Gasteiger partial charge in [0.2, 0.25) is 0 Å². The normalized spacial score (nSPS) is 26.9. The molecule has 2 aromatic rings. The Balaban J connectivity index is 1.53. The third-order valence-corrected chi connectivity index (χ3v) is 6.75. The second-order valence-corrected chi connectivity index (χ2v) is 8.67. The third-order valence-electron chi connectivity index (χ3n) is 6.75. The van der Waals surface area contributed by atoms with Gasteiger partial charge >= 0.3 is 6.03 Å². The van der Waals surface area contributed by atoms with Gasteiger partial charge in [-0.05, 0) is 64.0 Å². The molecule has 6 heteroatoms. The molecule has 2 aliphatic rings. The van der Waals surface area contributed by atoms with E-state index in [4.69, 9.17) is 0 Å². The van der Waals surface area contributed by atoms with E-state index in [9.17, 15) is 4.79 Å². The first-order valence-corrected chi connectivity index (χ1v) is 10.4. The Hall–Kier alpha value is -2.44. The molecular formula is C23H31N5O. The van der Waals surface area contributed by atoms with Gasteiger partial charge in [-0.2, -0.15) is 0 Å². The molecule has 29 heavy (non-hydrogen) atoms. The molecule has 0 atom stereocenters. The number of amides is 2. The summed E-state index contributed by atoms with van der Waals surface area (Å²) in [6.45, 7) is 1.44. The summed E-state index contributed by atoms with van der Waals surface area (Å²) in [7, 11) is 6.25. The minimum absolute atomic E-state index is 0.00882. The number of pyridine rings is 1. The smallest absolute Gasteiger partial charge is 0.322 e. The SMILES string of the molecule is CNCc1cncc(N2C[C@]3(CC[C@](c4ccccc4)(N(C)C)CC3)NC2=O)c1. The number of rotatable bonds is 5. The Morgan fingerprint density at radius 2 is 1.86 bits per heavy atom. The highest BCUT2D eigenvalue weighted by molar-refractivity contribution is 5.95. The molecule has 1 spiro atoms. The van der Waals surface area contributed by atoms with Crippen LogP contribution in [0.5, 0.6) is 0 Å². The minimum atomic E-state index is -0.162. The fourth-order valence-corrected chi connectivity index (χ4v) is 5.01. The van der Waals surface area contributed by atoms with Crippen molar-refractivity contribution in [3.05, 3.63) is 59.9 Å². The lowest BCUT2D eigenvalue weighted by atomic mass is 9.69. The molecule has 6 nitrogen and oxygen atoms in total. The molecule has 4 rings (SSSR count). The van der Waals surface area contributed by atoms with Crippen molar-refractivity contribution < 1.29 is 4.79 Å². The number of aromatic nitrogens is 1. The van der Waals surface area contributed by atoms with Crippen LogP contribution in [0.4, 0.5) is 10.5 Å². The van der Waals surface area contributed by atoms with Crippen LogP contribution in [0.15, 0.2) is 48.8 Å². The molecule has 1 aromatic heterocycles. The van der Waals surface area contributed by atoms with E-state index in [1.54, 1.807) is 6.20 Å². The Bertz CT molecular complexity index is 859. The van der Waals surface area contributed by atoms with E-state index in [0.717, 1.165) is 43.5 Å². The quantitative estimate of drug-likeness (QED) is 0.820. The van der Waals surface area contributed by atoms with Crippen LogP contribution in [0.2, 0.25) is 0 Å². The maximum Gasteiger partial charge on any atom is 0.322 e. The van der Waals surface area contributed by atoms with E-state index >= 15 is 0 Å². The summed E-state index contributed by atoms with van der Waals surface area (Å²) in [5.41, 5.74) is 3.19. The highest BCUT2D eigenvalue weighted by Crippen LogP contribution is 2.46. The molecule has 1 aromatic carbocycles. The molecule has 154 valence electrons. The van der Waals surface area contributed by atoms with Gasteiger partial charge in [0.05, 0.1) is 24.0 Å². The Morgan fingerprint density at radius 3 is 2.52 bits per heavy atom. The number of urea groups is 1. The predicted molar refractivity (Wildman–Crippen MR) is 116 cm³/mol. The summed E-state index contributed by atoms with van der Waals surface area (Å²) >= 11 is 0. The molecule has 1 saturated heterocycles. The van der Waals surface area contributed by atoms with Crippen molar-refractivity contribution in [1.29, 1.82) is 0 Å². The molecule has 1 saturated carbocycles. The summed E-state index contributed by atoms with van der Waals surface area (Å²) < 4.78 is 0. The molecule has 2 N–H and O–H groups in total. The van der Waals surface area contributed by atoms with Crippen molar-refractivity contribution in [2.24, 2.45) is 0 Å². The maximum absolute atomic E-state index is 12.8. The average Bonchev–Trinajstić information content (AvgIpc) is 3.06. The lowest BCUT2D eigenvalue weighted by molar-refractivity contribution is 0.0658. The van der Waals surface area contributed by atoms with Crippen molar-refractivity contribution in [2.75, 3.05) is 32.6 Å². The van der Waals surface area contributed by atoms with Gasteiger partial charge in [0, 0.05) is 18.3 Å². The highest BCUT2D eigenvalue weighted by Gasteiger charge is 2.50. The second kappa shape index (κ2) is 7.76. The van der Waals surface area contributed by atoms with Gasteiger partial charge in [-0.3, -0.25) is 14.8 Å². The van der Waals surface area contributed by atoms with E-state index in [1.807, 2.05) is 18.1 Å². The first-order valence-electron chi connectivity index (χ1n) is 10.4. The summed E-state index contributed by atoms with van der Waals surface area (Å²) in [5, 5.41) is 6.46. The number of anilines is 1. The van der Waals surface area contributed by atoms with Gasteiger partial charge in [0.25, 0.3) is 0 Å². The monoisotopic (exact) mass is 393 g/mol. The predicted octanol–water partition coefficient (Wildman–Crippen LogP) is 3.10. The summed E-state index contributed by atoms with van der Waals surface area (Å²) in [4.78, 5) is 21.4. The van der Waals surface area contributed by atoms with Crippen LogP contribution in [0.3, 0.4) is 0 Å². The highest BCUT2D eigenvalue weighted by atomic mass is 16.2. The Labute approximate surface area is 173 Å². The largest absolute Gasteiger partial charge is 0.330 e. The van der Waals surface area contributed by atoms with Crippen LogP contribution in [0.1, 0.15) is 36.8 Å². The number of nitrogens with one attached hydrogen (secondary N) is 2. The van der Waals surface area contributed by atoms with Crippen LogP contribution in [-0.4, -0.2) is 49.1 Å². The molecule has 0 radical (unpaired) electrons. The van der Waals surface area contributed by atoms with Gasteiger partial charge in [-0.15, -0.1) is 0 Å². The van der Waals surface area contributed by atoms with Crippen LogP contribution >= 0.6 is 0 Å². The number of carbonyl (C=O) groups is 1. The fraction of sp³-hybridized carbons (Fsp3) is 0.478.